The summed E-state index contributed by atoms with van der Waals surface area (Å²) in [7, 11) is 0.291. The molecule has 19 heavy (non-hydrogen) atoms. The molecule has 0 aromatic carbocycles. The van der Waals surface area contributed by atoms with Crippen molar-refractivity contribution in [1.82, 2.24) is 4.98 Å². The van der Waals surface area contributed by atoms with Crippen LogP contribution in [0.2, 0.25) is 0 Å². The van der Waals surface area contributed by atoms with Crippen LogP contribution in [0, 0.1) is 0 Å². The Bertz CT molecular complexity index is 513. The summed E-state index contributed by atoms with van der Waals surface area (Å²) in [4.78, 5) is 27.2. The van der Waals surface area contributed by atoms with E-state index in [0.29, 0.717) is 11.7 Å². The highest BCUT2D eigenvalue weighted by molar-refractivity contribution is 7.84. The van der Waals surface area contributed by atoms with Gasteiger partial charge < -0.3 is 10.1 Å². The van der Waals surface area contributed by atoms with Gasteiger partial charge in [-0.2, -0.15) is 0 Å². The van der Waals surface area contributed by atoms with E-state index in [0.717, 1.165) is 11.3 Å². The van der Waals surface area contributed by atoms with Crippen LogP contribution in [-0.2, 0) is 15.5 Å². The van der Waals surface area contributed by atoms with Gasteiger partial charge in [-0.05, 0) is 6.92 Å². The number of aromatic nitrogens is 1. The molecule has 1 aromatic rings. The average Bonchev–Trinajstić information content (AvgIpc) is 2.79. The second-order valence-electron chi connectivity index (χ2n) is 3.93. The minimum Gasteiger partial charge on any atom is -0.464 e. The maximum absolute atomic E-state index is 11.5. The number of ketones is 1. The zero-order valence-corrected chi connectivity index (χ0v) is 12.8. The zero-order valence-electron chi connectivity index (χ0n) is 11.2. The zero-order chi connectivity index (χ0) is 14.6. The molecular formula is C11H16N2O4S2. The number of nitrogens with one attached hydrogen (secondary N) is 1. The Morgan fingerprint density at radius 3 is 2.63 bits per heavy atom. The Morgan fingerprint density at radius 1 is 1.53 bits per heavy atom. The van der Waals surface area contributed by atoms with Gasteiger partial charge in [0.25, 0.3) is 0 Å². The molecule has 0 saturated heterocycles. The number of ether oxygens (including phenoxy) is 1. The van der Waals surface area contributed by atoms with Gasteiger partial charge in [-0.1, -0.05) is 11.3 Å². The van der Waals surface area contributed by atoms with Gasteiger partial charge in [-0.25, -0.2) is 9.78 Å². The number of rotatable bonds is 6. The number of carbonyl (C=O) groups excluding carboxylic acids is 2. The molecule has 1 heterocycles. The largest absolute Gasteiger partial charge is 0.464 e. The first kappa shape index (κ1) is 15.8. The minimum absolute atomic E-state index is 0.0211. The summed E-state index contributed by atoms with van der Waals surface area (Å²) in [5.41, 5.74) is 0.0211. The third-order valence-corrected chi connectivity index (χ3v) is 4.85. The number of nitrogens with zero attached hydrogens (tertiary/aromatic N) is 1. The molecule has 0 fully saturated rings. The van der Waals surface area contributed by atoms with Crippen molar-refractivity contribution in [2.45, 2.75) is 19.1 Å². The maximum Gasteiger partial charge on any atom is 0.358 e. The summed E-state index contributed by atoms with van der Waals surface area (Å²) in [6.07, 6.45) is 1.62. The second kappa shape index (κ2) is 6.76. The first-order valence-corrected chi connectivity index (χ1v) is 7.96. The van der Waals surface area contributed by atoms with Crippen LogP contribution in [0.5, 0.6) is 0 Å². The predicted molar refractivity (Wildman–Crippen MR) is 75.5 cm³/mol. The van der Waals surface area contributed by atoms with Crippen molar-refractivity contribution in [2.24, 2.45) is 0 Å². The van der Waals surface area contributed by atoms with Crippen LogP contribution in [0.25, 0.3) is 0 Å². The summed E-state index contributed by atoms with van der Waals surface area (Å²) in [6, 6.07) is 0. The molecule has 0 aliphatic rings. The molecule has 1 rings (SSSR count). The Balaban J connectivity index is 2.89. The molecule has 1 N–H and O–H groups in total. The minimum atomic E-state index is -0.946. The lowest BCUT2D eigenvalue weighted by atomic mass is 10.3. The fraction of sp³-hybridized carbons (Fsp3) is 0.545. The summed E-state index contributed by atoms with van der Waals surface area (Å²) < 4.78 is 15.8. The topological polar surface area (TPSA) is 85.4 Å². The van der Waals surface area contributed by atoms with Crippen molar-refractivity contribution in [3.05, 3.63) is 10.6 Å². The lowest BCUT2D eigenvalue weighted by molar-refractivity contribution is 0.0591. The lowest BCUT2D eigenvalue weighted by Gasteiger charge is -2.07. The molecule has 106 valence electrons. The van der Waals surface area contributed by atoms with Crippen molar-refractivity contribution in [3.63, 3.8) is 0 Å². The van der Waals surface area contributed by atoms with Gasteiger partial charge in [0.2, 0.25) is 0 Å². The molecule has 0 aliphatic carbocycles. The molecule has 6 nitrogen and oxygen atoms in total. The molecule has 8 heteroatoms. The van der Waals surface area contributed by atoms with Crippen molar-refractivity contribution >= 4 is 39.0 Å². The van der Waals surface area contributed by atoms with Gasteiger partial charge >= 0.3 is 5.97 Å². The quantitative estimate of drug-likeness (QED) is 0.630. The number of esters is 1. The van der Waals surface area contributed by atoms with Gasteiger partial charge in [-0.15, -0.1) is 0 Å². The van der Waals surface area contributed by atoms with Crippen LogP contribution in [0.1, 0.15) is 34.0 Å². The predicted octanol–water partition coefficient (Wildman–Crippen LogP) is 1.31. The van der Waals surface area contributed by atoms with Gasteiger partial charge in [0, 0.05) is 35.8 Å². The van der Waals surface area contributed by atoms with Crippen molar-refractivity contribution < 1.29 is 18.5 Å². The number of carbonyl (C=O) groups is 2. The number of methoxy groups -OCH3 is 1. The molecule has 0 spiro atoms. The van der Waals surface area contributed by atoms with Crippen molar-refractivity contribution in [3.8, 4) is 0 Å². The first-order valence-electron chi connectivity index (χ1n) is 5.53. The maximum atomic E-state index is 11.5. The Hall–Kier alpha value is -1.28. The third-order valence-electron chi connectivity index (χ3n) is 2.43. The summed E-state index contributed by atoms with van der Waals surface area (Å²) in [6.45, 7) is 3.66. The summed E-state index contributed by atoms with van der Waals surface area (Å²) in [5.74, 6) is -0.875. The monoisotopic (exact) mass is 304 g/mol. The Labute approximate surface area is 118 Å². The number of thiazole rings is 1. The Kier molecular flexibility index (Phi) is 5.61. The molecular weight excluding hydrogens is 288 g/mol. The SMILES string of the molecule is COC(=O)c1nc(NCC(C)S(C)=O)sc1C(C)=O. The highest BCUT2D eigenvalue weighted by atomic mass is 32.2. The third kappa shape index (κ3) is 4.10. The second-order valence-corrected chi connectivity index (χ2v) is 6.74. The van der Waals surface area contributed by atoms with Gasteiger partial charge in [0.15, 0.2) is 16.6 Å². The molecule has 1 aromatic heterocycles. The highest BCUT2D eigenvalue weighted by Gasteiger charge is 2.22. The van der Waals surface area contributed by atoms with E-state index in [-0.39, 0.29) is 21.6 Å². The molecule has 0 aliphatic heterocycles. The van der Waals surface area contributed by atoms with E-state index in [4.69, 9.17) is 0 Å². The molecule has 0 amide bonds. The molecule has 0 bridgehead atoms. The first-order chi connectivity index (χ1) is 8.86. The van der Waals surface area contributed by atoms with E-state index in [9.17, 15) is 13.8 Å². The number of hydrogen-bond donors (Lipinski definition) is 1. The van der Waals surface area contributed by atoms with Crippen LogP contribution < -0.4 is 5.32 Å². The van der Waals surface area contributed by atoms with Crippen molar-refractivity contribution in [1.29, 1.82) is 0 Å². The number of anilines is 1. The van der Waals surface area contributed by atoms with Gasteiger partial charge in [0.1, 0.15) is 4.88 Å². The molecule has 0 saturated carbocycles. The van der Waals surface area contributed by atoms with E-state index >= 15 is 0 Å². The fourth-order valence-electron chi connectivity index (χ4n) is 1.22. The van der Waals surface area contributed by atoms with Crippen LogP contribution in [0.3, 0.4) is 0 Å². The Morgan fingerprint density at radius 2 is 2.16 bits per heavy atom. The molecule has 0 radical (unpaired) electrons. The standard InChI is InChI=1S/C11H16N2O4S2/c1-6(19(4)16)5-12-11-13-8(10(15)17-3)9(18-11)7(2)14/h6H,5H2,1-4H3,(H,12,13). The van der Waals surface area contributed by atoms with Crippen LogP contribution in [0.15, 0.2) is 0 Å². The smallest absolute Gasteiger partial charge is 0.358 e. The van der Waals surface area contributed by atoms with E-state index in [1.165, 1.54) is 14.0 Å². The van der Waals surface area contributed by atoms with Gasteiger partial charge in [-0.3, -0.25) is 9.00 Å². The highest BCUT2D eigenvalue weighted by Crippen LogP contribution is 2.24. The normalized spacial score (nSPS) is 13.7. The summed E-state index contributed by atoms with van der Waals surface area (Å²) in [5, 5.41) is 3.37. The fourth-order valence-corrected chi connectivity index (χ4v) is 2.39. The van der Waals surface area contributed by atoms with Crippen LogP contribution in [0.4, 0.5) is 5.13 Å². The number of hydrogen-bond acceptors (Lipinski definition) is 7. The molecule has 2 atom stereocenters. The van der Waals surface area contributed by atoms with Crippen molar-refractivity contribution in [2.75, 3.05) is 25.2 Å². The average molecular weight is 304 g/mol. The van der Waals surface area contributed by atoms with E-state index in [2.05, 4.69) is 15.0 Å². The molecule has 2 unspecified atom stereocenters. The van der Waals surface area contributed by atoms with Crippen LogP contribution in [-0.4, -0.2) is 46.1 Å². The van der Waals surface area contributed by atoms with E-state index in [1.54, 1.807) is 6.26 Å². The van der Waals surface area contributed by atoms with E-state index in [1.807, 2.05) is 6.92 Å². The lowest BCUT2D eigenvalue weighted by Crippen LogP contribution is -2.20. The van der Waals surface area contributed by atoms with Gasteiger partial charge in [0.05, 0.1) is 7.11 Å². The number of Topliss-reactive ketones (excluding diaryl/α,β-unsaturated/α-hetero) is 1. The summed E-state index contributed by atoms with van der Waals surface area (Å²) >= 11 is 1.09. The van der Waals surface area contributed by atoms with E-state index < -0.39 is 16.8 Å². The van der Waals surface area contributed by atoms with Crippen LogP contribution >= 0.6 is 11.3 Å².